The zero-order valence-electron chi connectivity index (χ0n) is 12.6. The highest BCUT2D eigenvalue weighted by molar-refractivity contribution is 7.92. The normalized spacial score (nSPS) is 14.8. The van der Waals surface area contributed by atoms with Gasteiger partial charge in [0.05, 0.1) is 5.69 Å². The molecule has 2 aromatic rings. The Kier molecular flexibility index (Phi) is 4.27. The minimum absolute atomic E-state index is 0.136. The molecular weight excluding hydrogens is 340 g/mol. The highest BCUT2D eigenvalue weighted by atomic mass is 32.2. The number of carbonyl (C=O) groups is 1. The van der Waals surface area contributed by atoms with Crippen molar-refractivity contribution in [1.82, 2.24) is 9.88 Å². The summed E-state index contributed by atoms with van der Waals surface area (Å²) < 4.78 is 53.3. The van der Waals surface area contributed by atoms with Gasteiger partial charge in [-0.15, -0.1) is 0 Å². The molecule has 0 radical (unpaired) electrons. The van der Waals surface area contributed by atoms with Crippen molar-refractivity contribution >= 4 is 21.6 Å². The number of aromatic nitrogens is 1. The van der Waals surface area contributed by atoms with Crippen molar-refractivity contribution in [3.8, 4) is 0 Å². The molecular formula is C15H15F2N3O3S. The molecule has 128 valence electrons. The first-order valence-electron chi connectivity index (χ1n) is 7.33. The molecule has 1 aromatic carbocycles. The van der Waals surface area contributed by atoms with Crippen molar-refractivity contribution in [2.45, 2.75) is 17.7 Å². The molecule has 1 aliphatic rings. The SMILES string of the molecule is O=C(c1cc(S(=O)(=O)Nc2cccc(F)c2F)c[nH]1)N1CCCC1. The molecule has 0 spiro atoms. The van der Waals surface area contributed by atoms with Gasteiger partial charge in [-0.25, -0.2) is 17.2 Å². The molecule has 24 heavy (non-hydrogen) atoms. The Balaban J connectivity index is 1.83. The first-order chi connectivity index (χ1) is 11.4. The fourth-order valence-corrected chi connectivity index (χ4v) is 3.58. The van der Waals surface area contributed by atoms with Gasteiger partial charge in [-0.05, 0) is 31.0 Å². The van der Waals surface area contributed by atoms with E-state index in [-0.39, 0.29) is 16.5 Å². The number of hydrogen-bond acceptors (Lipinski definition) is 3. The van der Waals surface area contributed by atoms with Crippen LogP contribution in [0.2, 0.25) is 0 Å². The first-order valence-corrected chi connectivity index (χ1v) is 8.81. The number of likely N-dealkylation sites (tertiary alicyclic amines) is 1. The van der Waals surface area contributed by atoms with Crippen LogP contribution in [0.25, 0.3) is 0 Å². The molecule has 1 amide bonds. The number of carbonyl (C=O) groups excluding carboxylic acids is 1. The Hall–Kier alpha value is -2.42. The molecule has 0 aliphatic carbocycles. The van der Waals surface area contributed by atoms with Crippen LogP contribution in [-0.4, -0.2) is 37.3 Å². The number of aromatic amines is 1. The molecule has 9 heteroatoms. The number of sulfonamides is 1. The second-order valence-corrected chi connectivity index (χ2v) is 7.14. The maximum atomic E-state index is 13.6. The number of nitrogens with one attached hydrogen (secondary N) is 2. The van der Waals surface area contributed by atoms with Crippen LogP contribution in [0.1, 0.15) is 23.3 Å². The average molecular weight is 355 g/mol. The number of H-pyrrole nitrogens is 1. The van der Waals surface area contributed by atoms with E-state index in [0.717, 1.165) is 31.2 Å². The summed E-state index contributed by atoms with van der Waals surface area (Å²) in [7, 11) is -4.15. The van der Waals surface area contributed by atoms with Crippen molar-refractivity contribution in [2.75, 3.05) is 17.8 Å². The van der Waals surface area contributed by atoms with Crippen LogP contribution < -0.4 is 4.72 Å². The zero-order valence-corrected chi connectivity index (χ0v) is 13.4. The number of nitrogens with zero attached hydrogens (tertiary/aromatic N) is 1. The Morgan fingerprint density at radius 3 is 2.62 bits per heavy atom. The Morgan fingerprint density at radius 2 is 1.92 bits per heavy atom. The summed E-state index contributed by atoms with van der Waals surface area (Å²) in [6, 6.07) is 4.37. The van der Waals surface area contributed by atoms with Crippen LogP contribution in [0.5, 0.6) is 0 Å². The van der Waals surface area contributed by atoms with Crippen molar-refractivity contribution in [3.63, 3.8) is 0 Å². The third kappa shape index (κ3) is 3.12. The topological polar surface area (TPSA) is 82.3 Å². The van der Waals surface area contributed by atoms with Crippen LogP contribution in [0.3, 0.4) is 0 Å². The van der Waals surface area contributed by atoms with E-state index in [4.69, 9.17) is 0 Å². The molecule has 0 atom stereocenters. The molecule has 1 aliphatic heterocycles. The second kappa shape index (κ2) is 6.23. The van der Waals surface area contributed by atoms with E-state index in [1.807, 2.05) is 4.72 Å². The lowest BCUT2D eigenvalue weighted by atomic mass is 10.3. The number of amides is 1. The molecule has 1 fully saturated rings. The van der Waals surface area contributed by atoms with E-state index in [1.165, 1.54) is 12.1 Å². The summed E-state index contributed by atoms with van der Waals surface area (Å²) in [6.07, 6.45) is 2.97. The molecule has 0 bridgehead atoms. The summed E-state index contributed by atoms with van der Waals surface area (Å²) in [5.74, 6) is -2.73. The quantitative estimate of drug-likeness (QED) is 0.883. The third-order valence-corrected chi connectivity index (χ3v) is 5.13. The van der Waals surface area contributed by atoms with E-state index in [9.17, 15) is 22.0 Å². The maximum absolute atomic E-state index is 13.6. The number of anilines is 1. The highest BCUT2D eigenvalue weighted by Crippen LogP contribution is 2.22. The van der Waals surface area contributed by atoms with Gasteiger partial charge in [0.1, 0.15) is 10.6 Å². The van der Waals surface area contributed by atoms with Crippen LogP contribution >= 0.6 is 0 Å². The molecule has 3 rings (SSSR count). The van der Waals surface area contributed by atoms with Gasteiger partial charge in [0.15, 0.2) is 11.6 Å². The summed E-state index contributed by atoms with van der Waals surface area (Å²) >= 11 is 0. The Bertz CT molecular complexity index is 874. The van der Waals surface area contributed by atoms with Crippen molar-refractivity contribution in [3.05, 3.63) is 47.8 Å². The van der Waals surface area contributed by atoms with Crippen LogP contribution in [-0.2, 0) is 10.0 Å². The third-order valence-electron chi connectivity index (χ3n) is 3.79. The summed E-state index contributed by atoms with van der Waals surface area (Å²) in [4.78, 5) is 16.2. The van der Waals surface area contributed by atoms with Crippen LogP contribution in [0.4, 0.5) is 14.5 Å². The standard InChI is InChI=1S/C15H15F2N3O3S/c16-11-4-3-5-12(14(11)17)19-24(22,23)10-8-13(18-9-10)15(21)20-6-1-2-7-20/h3-5,8-9,18-19H,1-2,6-7H2. The predicted octanol–water partition coefficient (Wildman–Crippen LogP) is 2.33. The molecule has 2 N–H and O–H groups in total. The smallest absolute Gasteiger partial charge is 0.270 e. The first kappa shape index (κ1) is 16.4. The lowest BCUT2D eigenvalue weighted by molar-refractivity contribution is 0.0787. The average Bonchev–Trinajstić information content (AvgIpc) is 3.22. The molecule has 0 saturated carbocycles. The number of hydrogen-bond donors (Lipinski definition) is 2. The van der Waals surface area contributed by atoms with Crippen molar-refractivity contribution < 1.29 is 22.0 Å². The summed E-state index contributed by atoms with van der Waals surface area (Å²) in [6.45, 7) is 1.26. The molecule has 2 heterocycles. The number of benzene rings is 1. The van der Waals surface area contributed by atoms with Crippen LogP contribution in [0, 0.1) is 11.6 Å². The van der Waals surface area contributed by atoms with E-state index in [2.05, 4.69) is 4.98 Å². The molecule has 1 aromatic heterocycles. The van der Waals surface area contributed by atoms with Gasteiger partial charge in [0, 0.05) is 19.3 Å². The monoisotopic (exact) mass is 355 g/mol. The van der Waals surface area contributed by atoms with Gasteiger partial charge in [0.2, 0.25) is 0 Å². The van der Waals surface area contributed by atoms with Gasteiger partial charge < -0.3 is 9.88 Å². The van der Waals surface area contributed by atoms with Crippen LogP contribution in [0.15, 0.2) is 35.4 Å². The molecule has 1 saturated heterocycles. The van der Waals surface area contributed by atoms with E-state index >= 15 is 0 Å². The van der Waals surface area contributed by atoms with Gasteiger partial charge in [-0.1, -0.05) is 6.07 Å². The Morgan fingerprint density at radius 1 is 1.21 bits per heavy atom. The zero-order chi connectivity index (χ0) is 17.3. The predicted molar refractivity (Wildman–Crippen MR) is 83.1 cm³/mol. The minimum Gasteiger partial charge on any atom is -0.356 e. The van der Waals surface area contributed by atoms with Gasteiger partial charge >= 0.3 is 0 Å². The van der Waals surface area contributed by atoms with Gasteiger partial charge in [-0.3, -0.25) is 9.52 Å². The van der Waals surface area contributed by atoms with Crippen molar-refractivity contribution in [2.24, 2.45) is 0 Å². The van der Waals surface area contributed by atoms with Crippen molar-refractivity contribution in [1.29, 1.82) is 0 Å². The van der Waals surface area contributed by atoms with Gasteiger partial charge in [-0.2, -0.15) is 0 Å². The van der Waals surface area contributed by atoms with Gasteiger partial charge in [0.25, 0.3) is 15.9 Å². The summed E-state index contributed by atoms with van der Waals surface area (Å²) in [5.41, 5.74) is -0.361. The lowest BCUT2D eigenvalue weighted by Crippen LogP contribution is -2.27. The lowest BCUT2D eigenvalue weighted by Gasteiger charge is -2.13. The highest BCUT2D eigenvalue weighted by Gasteiger charge is 2.24. The fraction of sp³-hybridized carbons (Fsp3) is 0.267. The molecule has 0 unspecified atom stereocenters. The maximum Gasteiger partial charge on any atom is 0.270 e. The van der Waals surface area contributed by atoms with E-state index < -0.39 is 27.3 Å². The fourth-order valence-electron chi connectivity index (χ4n) is 2.53. The Labute approximate surface area is 137 Å². The molecule has 6 nitrogen and oxygen atoms in total. The van der Waals surface area contributed by atoms with E-state index in [0.29, 0.717) is 13.1 Å². The largest absolute Gasteiger partial charge is 0.356 e. The minimum atomic E-state index is -4.15. The number of halogens is 2. The second-order valence-electron chi connectivity index (χ2n) is 5.46. The number of rotatable bonds is 4. The van der Waals surface area contributed by atoms with E-state index in [1.54, 1.807) is 4.90 Å². The summed E-state index contributed by atoms with van der Waals surface area (Å²) in [5, 5.41) is 0.